The van der Waals surface area contributed by atoms with Crippen LogP contribution < -0.4 is 5.32 Å². The molecule has 1 aromatic heterocycles. The fraction of sp³-hybridized carbons (Fsp3) is 0.615. The molecule has 2 rings (SSSR count). The van der Waals surface area contributed by atoms with Crippen molar-refractivity contribution in [1.82, 2.24) is 10.2 Å². The van der Waals surface area contributed by atoms with Crippen molar-refractivity contribution in [1.29, 1.82) is 0 Å². The van der Waals surface area contributed by atoms with Gasteiger partial charge in [0.1, 0.15) is 5.54 Å². The quantitative estimate of drug-likeness (QED) is 0.854. The number of thiophene rings is 1. The van der Waals surface area contributed by atoms with Gasteiger partial charge in [0.25, 0.3) is 0 Å². The Morgan fingerprint density at radius 3 is 2.78 bits per heavy atom. The Labute approximate surface area is 112 Å². The van der Waals surface area contributed by atoms with Gasteiger partial charge in [-0.05, 0) is 30.8 Å². The molecule has 100 valence electrons. The Balaban J connectivity index is 1.97. The molecule has 1 saturated heterocycles. The lowest BCUT2D eigenvalue weighted by Crippen LogP contribution is -2.58. The molecular weight excluding hydrogens is 248 g/mol. The Kier molecular flexibility index (Phi) is 4.37. The topological polar surface area (TPSA) is 52.6 Å². The molecule has 1 aromatic rings. The Bertz CT molecular complexity index is 384. The van der Waals surface area contributed by atoms with Gasteiger partial charge in [-0.3, -0.25) is 10.1 Å². The molecule has 0 atom stereocenters. The van der Waals surface area contributed by atoms with E-state index in [-0.39, 0.29) is 0 Å². The summed E-state index contributed by atoms with van der Waals surface area (Å²) in [7, 11) is 0. The minimum atomic E-state index is -0.740. The normalized spacial score (nSPS) is 19.8. The van der Waals surface area contributed by atoms with Crippen LogP contribution in [0.15, 0.2) is 17.5 Å². The van der Waals surface area contributed by atoms with E-state index in [1.807, 2.05) is 17.5 Å². The van der Waals surface area contributed by atoms with Crippen LogP contribution in [-0.4, -0.2) is 41.1 Å². The van der Waals surface area contributed by atoms with Crippen LogP contribution in [-0.2, 0) is 11.3 Å². The Hall–Kier alpha value is -0.910. The number of rotatable bonds is 5. The highest BCUT2D eigenvalue weighted by atomic mass is 32.1. The van der Waals surface area contributed by atoms with Crippen LogP contribution in [0.25, 0.3) is 0 Å². The number of carboxylic acids is 1. The highest BCUT2D eigenvalue weighted by molar-refractivity contribution is 7.09. The number of aliphatic carboxylic acids is 1. The molecule has 1 aliphatic heterocycles. The van der Waals surface area contributed by atoms with Gasteiger partial charge in [0.05, 0.1) is 0 Å². The van der Waals surface area contributed by atoms with E-state index in [1.54, 1.807) is 11.3 Å². The van der Waals surface area contributed by atoms with Crippen LogP contribution in [0, 0.1) is 0 Å². The van der Waals surface area contributed by atoms with Crippen molar-refractivity contribution in [2.45, 2.75) is 31.8 Å². The van der Waals surface area contributed by atoms with Crippen molar-refractivity contribution in [3.8, 4) is 0 Å². The number of piperidine rings is 1. The molecule has 0 spiro atoms. The van der Waals surface area contributed by atoms with E-state index in [0.29, 0.717) is 19.4 Å². The number of hydrogen-bond donors (Lipinski definition) is 2. The average Bonchev–Trinajstić information content (AvgIpc) is 2.90. The maximum absolute atomic E-state index is 11.6. The molecule has 0 saturated carbocycles. The van der Waals surface area contributed by atoms with Crippen LogP contribution in [0.5, 0.6) is 0 Å². The number of carbonyl (C=O) groups is 1. The van der Waals surface area contributed by atoms with Crippen LogP contribution in [0.2, 0.25) is 0 Å². The second kappa shape index (κ2) is 5.82. The summed E-state index contributed by atoms with van der Waals surface area (Å²) in [5.74, 6) is -0.713. The average molecular weight is 268 g/mol. The van der Waals surface area contributed by atoms with Gasteiger partial charge in [-0.2, -0.15) is 0 Å². The summed E-state index contributed by atoms with van der Waals surface area (Å²) in [6.07, 6.45) is 1.36. The smallest absolute Gasteiger partial charge is 0.324 e. The minimum absolute atomic E-state index is 0.649. The van der Waals surface area contributed by atoms with Crippen LogP contribution in [0.4, 0.5) is 0 Å². The number of carboxylic acid groups (broad SMARTS) is 1. The SMILES string of the molecule is CCN1CCC(NCc2cccs2)(C(=O)O)CC1. The maximum atomic E-state index is 11.6. The standard InChI is InChI=1S/C13H20N2O2S/c1-2-15-7-5-13(6-8-15,12(16)17)14-10-11-4-3-9-18-11/h3-4,9,14H,2,5-8,10H2,1H3,(H,16,17). The maximum Gasteiger partial charge on any atom is 0.324 e. The fourth-order valence-corrected chi connectivity index (χ4v) is 3.03. The van der Waals surface area contributed by atoms with E-state index < -0.39 is 11.5 Å². The van der Waals surface area contributed by atoms with E-state index in [1.165, 1.54) is 4.88 Å². The molecule has 0 aromatic carbocycles. The third-order valence-electron chi connectivity index (χ3n) is 3.75. The second-order valence-corrected chi connectivity index (χ2v) is 5.79. The van der Waals surface area contributed by atoms with E-state index in [9.17, 15) is 9.90 Å². The highest BCUT2D eigenvalue weighted by Crippen LogP contribution is 2.23. The van der Waals surface area contributed by atoms with Gasteiger partial charge in [0.2, 0.25) is 0 Å². The van der Waals surface area contributed by atoms with Gasteiger partial charge in [0, 0.05) is 24.5 Å². The van der Waals surface area contributed by atoms with Crippen LogP contribution >= 0.6 is 11.3 Å². The van der Waals surface area contributed by atoms with Crippen molar-refractivity contribution in [3.63, 3.8) is 0 Å². The Morgan fingerprint density at radius 1 is 1.56 bits per heavy atom. The molecular formula is C13H20N2O2S. The van der Waals surface area contributed by atoms with Gasteiger partial charge in [-0.1, -0.05) is 13.0 Å². The van der Waals surface area contributed by atoms with Crippen LogP contribution in [0.3, 0.4) is 0 Å². The van der Waals surface area contributed by atoms with E-state index >= 15 is 0 Å². The number of nitrogens with zero attached hydrogens (tertiary/aromatic N) is 1. The third kappa shape index (κ3) is 2.91. The first kappa shape index (κ1) is 13.5. The molecule has 2 heterocycles. The Morgan fingerprint density at radius 2 is 2.28 bits per heavy atom. The molecule has 4 nitrogen and oxygen atoms in total. The molecule has 1 aliphatic rings. The van der Waals surface area contributed by atoms with Crippen molar-refractivity contribution in [2.24, 2.45) is 0 Å². The molecule has 1 fully saturated rings. The number of likely N-dealkylation sites (tertiary alicyclic amines) is 1. The number of hydrogen-bond acceptors (Lipinski definition) is 4. The summed E-state index contributed by atoms with van der Waals surface area (Å²) in [4.78, 5) is 15.0. The first-order valence-corrected chi connectivity index (χ1v) is 7.27. The zero-order valence-corrected chi connectivity index (χ0v) is 11.5. The summed E-state index contributed by atoms with van der Waals surface area (Å²) < 4.78 is 0. The summed E-state index contributed by atoms with van der Waals surface area (Å²) >= 11 is 1.66. The van der Waals surface area contributed by atoms with Gasteiger partial charge in [-0.25, -0.2) is 0 Å². The predicted molar refractivity (Wildman–Crippen MR) is 72.9 cm³/mol. The molecule has 2 N–H and O–H groups in total. The molecule has 5 heteroatoms. The van der Waals surface area contributed by atoms with E-state index in [2.05, 4.69) is 17.1 Å². The van der Waals surface area contributed by atoms with Gasteiger partial charge >= 0.3 is 5.97 Å². The first-order valence-electron chi connectivity index (χ1n) is 6.39. The predicted octanol–water partition coefficient (Wildman–Crippen LogP) is 1.78. The fourth-order valence-electron chi connectivity index (χ4n) is 2.39. The zero-order valence-electron chi connectivity index (χ0n) is 10.7. The van der Waals surface area contributed by atoms with Crippen molar-refractivity contribution in [2.75, 3.05) is 19.6 Å². The first-order chi connectivity index (χ1) is 8.66. The van der Waals surface area contributed by atoms with E-state index in [4.69, 9.17) is 0 Å². The lowest BCUT2D eigenvalue weighted by Gasteiger charge is -2.39. The zero-order chi connectivity index (χ0) is 13.0. The monoisotopic (exact) mass is 268 g/mol. The van der Waals surface area contributed by atoms with Crippen molar-refractivity contribution >= 4 is 17.3 Å². The number of nitrogens with one attached hydrogen (secondary N) is 1. The molecule has 0 unspecified atom stereocenters. The summed E-state index contributed by atoms with van der Waals surface area (Å²) in [5.41, 5.74) is -0.740. The van der Waals surface area contributed by atoms with Gasteiger partial charge < -0.3 is 10.0 Å². The summed E-state index contributed by atoms with van der Waals surface area (Å²) in [6.45, 7) is 5.49. The molecule has 0 radical (unpaired) electrons. The largest absolute Gasteiger partial charge is 0.480 e. The molecule has 0 amide bonds. The molecule has 18 heavy (non-hydrogen) atoms. The van der Waals surface area contributed by atoms with E-state index in [0.717, 1.165) is 19.6 Å². The van der Waals surface area contributed by atoms with Crippen LogP contribution in [0.1, 0.15) is 24.6 Å². The lowest BCUT2D eigenvalue weighted by molar-refractivity contribution is -0.147. The third-order valence-corrected chi connectivity index (χ3v) is 4.62. The molecule has 0 aliphatic carbocycles. The summed E-state index contributed by atoms with van der Waals surface area (Å²) in [5, 5.41) is 14.8. The van der Waals surface area contributed by atoms with Crippen molar-refractivity contribution in [3.05, 3.63) is 22.4 Å². The van der Waals surface area contributed by atoms with Crippen molar-refractivity contribution < 1.29 is 9.90 Å². The summed E-state index contributed by atoms with van der Waals surface area (Å²) in [6, 6.07) is 4.03. The molecule has 0 bridgehead atoms. The van der Waals surface area contributed by atoms with Gasteiger partial charge in [-0.15, -0.1) is 11.3 Å². The minimum Gasteiger partial charge on any atom is -0.480 e. The highest BCUT2D eigenvalue weighted by Gasteiger charge is 2.40. The van der Waals surface area contributed by atoms with Gasteiger partial charge in [0.15, 0.2) is 0 Å². The lowest BCUT2D eigenvalue weighted by atomic mass is 9.87. The second-order valence-electron chi connectivity index (χ2n) is 4.75.